The van der Waals surface area contributed by atoms with E-state index in [9.17, 15) is 9.59 Å². The number of methoxy groups -OCH3 is 1. The van der Waals surface area contributed by atoms with Gasteiger partial charge in [-0.15, -0.1) is 0 Å². The third-order valence-corrected chi connectivity index (χ3v) is 3.05. The maximum Gasteiger partial charge on any atom is 0.225 e. The van der Waals surface area contributed by atoms with Crippen molar-refractivity contribution in [1.29, 1.82) is 0 Å². The summed E-state index contributed by atoms with van der Waals surface area (Å²) < 4.78 is 4.94. The highest BCUT2D eigenvalue weighted by Crippen LogP contribution is 2.17. The monoisotopic (exact) mass is 257 g/mol. The Bertz CT molecular complexity index is 284. The van der Waals surface area contributed by atoms with Crippen molar-refractivity contribution >= 4 is 11.8 Å². The summed E-state index contributed by atoms with van der Waals surface area (Å²) in [5.74, 6) is -0.175. The summed E-state index contributed by atoms with van der Waals surface area (Å²) in [7, 11) is 3.48. The number of carbonyl (C=O) groups excluding carboxylic acids is 2. The Kier molecular flexibility index (Phi) is 6.67. The third kappa shape index (κ3) is 4.62. The second-order valence-corrected chi connectivity index (χ2v) is 4.48. The Morgan fingerprint density at radius 3 is 2.94 bits per heavy atom. The SMILES string of the molecule is CNCCCNC(=O)C1CC(=O)N(CCOC)C1. The fraction of sp³-hybridized carbons (Fsp3) is 0.833. The molecule has 1 aliphatic rings. The number of nitrogens with one attached hydrogen (secondary N) is 2. The molecule has 0 saturated carbocycles. The molecule has 0 radical (unpaired) electrons. The van der Waals surface area contributed by atoms with Gasteiger partial charge in [-0.25, -0.2) is 0 Å². The summed E-state index contributed by atoms with van der Waals surface area (Å²) in [5, 5.41) is 5.89. The second-order valence-electron chi connectivity index (χ2n) is 4.48. The molecule has 1 rings (SSSR count). The van der Waals surface area contributed by atoms with Gasteiger partial charge >= 0.3 is 0 Å². The van der Waals surface area contributed by atoms with E-state index in [4.69, 9.17) is 4.74 Å². The first-order valence-electron chi connectivity index (χ1n) is 6.38. The quantitative estimate of drug-likeness (QED) is 0.559. The van der Waals surface area contributed by atoms with E-state index < -0.39 is 0 Å². The number of ether oxygens (including phenoxy) is 1. The maximum atomic E-state index is 11.8. The first-order chi connectivity index (χ1) is 8.69. The molecule has 0 aromatic heterocycles. The van der Waals surface area contributed by atoms with E-state index in [0.717, 1.165) is 13.0 Å². The number of nitrogens with zero attached hydrogens (tertiary/aromatic N) is 1. The van der Waals surface area contributed by atoms with Gasteiger partial charge in [-0.05, 0) is 20.0 Å². The molecule has 2 amide bonds. The highest BCUT2D eigenvalue weighted by molar-refractivity contribution is 5.89. The molecule has 1 fully saturated rings. The molecule has 1 unspecified atom stereocenters. The lowest BCUT2D eigenvalue weighted by Gasteiger charge is -2.15. The van der Waals surface area contributed by atoms with Gasteiger partial charge in [0, 0.05) is 33.2 Å². The van der Waals surface area contributed by atoms with E-state index in [1.54, 1.807) is 12.0 Å². The Hall–Kier alpha value is -1.14. The third-order valence-electron chi connectivity index (χ3n) is 3.05. The van der Waals surface area contributed by atoms with E-state index >= 15 is 0 Å². The lowest BCUT2D eigenvalue weighted by molar-refractivity contribution is -0.129. The summed E-state index contributed by atoms with van der Waals surface area (Å²) in [5.41, 5.74) is 0. The normalized spacial score (nSPS) is 19.3. The van der Waals surface area contributed by atoms with Crippen LogP contribution in [0.1, 0.15) is 12.8 Å². The van der Waals surface area contributed by atoms with Gasteiger partial charge in [0.1, 0.15) is 0 Å². The summed E-state index contributed by atoms with van der Waals surface area (Å²) in [6, 6.07) is 0. The van der Waals surface area contributed by atoms with Crippen molar-refractivity contribution in [3.8, 4) is 0 Å². The van der Waals surface area contributed by atoms with Gasteiger partial charge < -0.3 is 20.3 Å². The molecule has 1 heterocycles. The van der Waals surface area contributed by atoms with E-state index in [-0.39, 0.29) is 17.7 Å². The van der Waals surface area contributed by atoms with Crippen LogP contribution in [0.4, 0.5) is 0 Å². The fourth-order valence-corrected chi connectivity index (χ4v) is 1.99. The number of likely N-dealkylation sites (tertiary alicyclic amines) is 1. The van der Waals surface area contributed by atoms with Crippen LogP contribution in [0.3, 0.4) is 0 Å². The zero-order chi connectivity index (χ0) is 13.4. The van der Waals surface area contributed by atoms with Crippen molar-refractivity contribution in [2.45, 2.75) is 12.8 Å². The molecule has 0 aromatic carbocycles. The molecule has 104 valence electrons. The van der Waals surface area contributed by atoms with Gasteiger partial charge in [-0.2, -0.15) is 0 Å². The number of carbonyl (C=O) groups is 2. The molecule has 6 heteroatoms. The Balaban J connectivity index is 2.26. The topological polar surface area (TPSA) is 70.7 Å². The van der Waals surface area contributed by atoms with Crippen LogP contribution in [-0.4, -0.2) is 63.7 Å². The standard InChI is InChI=1S/C12H23N3O3/c1-13-4-3-5-14-12(17)10-8-11(16)15(9-10)6-7-18-2/h10,13H,3-9H2,1-2H3,(H,14,17). The van der Waals surface area contributed by atoms with Crippen molar-refractivity contribution in [1.82, 2.24) is 15.5 Å². The minimum atomic E-state index is -0.205. The van der Waals surface area contributed by atoms with Gasteiger partial charge in [0.05, 0.1) is 12.5 Å². The van der Waals surface area contributed by atoms with Gasteiger partial charge in [0.25, 0.3) is 0 Å². The largest absolute Gasteiger partial charge is 0.383 e. The van der Waals surface area contributed by atoms with Gasteiger partial charge in [0.15, 0.2) is 0 Å². The highest BCUT2D eigenvalue weighted by atomic mass is 16.5. The van der Waals surface area contributed by atoms with Crippen molar-refractivity contribution in [3.05, 3.63) is 0 Å². The Labute approximate surface area is 108 Å². The van der Waals surface area contributed by atoms with E-state index in [1.807, 2.05) is 7.05 Å². The van der Waals surface area contributed by atoms with Gasteiger partial charge in [-0.3, -0.25) is 9.59 Å². The molecule has 0 aliphatic carbocycles. The molecule has 6 nitrogen and oxygen atoms in total. The summed E-state index contributed by atoms with van der Waals surface area (Å²) in [4.78, 5) is 25.2. The van der Waals surface area contributed by atoms with E-state index in [2.05, 4.69) is 10.6 Å². The lowest BCUT2D eigenvalue weighted by Crippen LogP contribution is -2.35. The van der Waals surface area contributed by atoms with Crippen molar-refractivity contribution < 1.29 is 14.3 Å². The molecule has 2 N–H and O–H groups in total. The Morgan fingerprint density at radius 2 is 2.28 bits per heavy atom. The highest BCUT2D eigenvalue weighted by Gasteiger charge is 2.33. The number of rotatable bonds is 8. The smallest absolute Gasteiger partial charge is 0.225 e. The summed E-state index contributed by atoms with van der Waals surface area (Å²) >= 11 is 0. The van der Waals surface area contributed by atoms with Crippen LogP contribution in [0.2, 0.25) is 0 Å². The van der Waals surface area contributed by atoms with Crippen LogP contribution in [-0.2, 0) is 14.3 Å². The van der Waals surface area contributed by atoms with Gasteiger partial charge in [-0.1, -0.05) is 0 Å². The molecule has 1 saturated heterocycles. The van der Waals surface area contributed by atoms with E-state index in [0.29, 0.717) is 32.7 Å². The predicted molar refractivity (Wildman–Crippen MR) is 68.1 cm³/mol. The van der Waals surface area contributed by atoms with Crippen molar-refractivity contribution in [3.63, 3.8) is 0 Å². The number of amides is 2. The first-order valence-corrected chi connectivity index (χ1v) is 6.38. The molecule has 0 aromatic rings. The zero-order valence-electron chi connectivity index (χ0n) is 11.2. The molecular formula is C12H23N3O3. The lowest BCUT2D eigenvalue weighted by atomic mass is 10.1. The fourth-order valence-electron chi connectivity index (χ4n) is 1.99. The molecule has 1 aliphatic heterocycles. The molecule has 18 heavy (non-hydrogen) atoms. The molecule has 0 bridgehead atoms. The molecule has 1 atom stereocenters. The summed E-state index contributed by atoms with van der Waals surface area (Å²) in [6.45, 7) is 3.13. The van der Waals surface area contributed by atoms with Crippen LogP contribution in [0, 0.1) is 5.92 Å². The van der Waals surface area contributed by atoms with Crippen LogP contribution in [0.15, 0.2) is 0 Å². The van der Waals surface area contributed by atoms with Crippen LogP contribution >= 0.6 is 0 Å². The zero-order valence-corrected chi connectivity index (χ0v) is 11.2. The average Bonchev–Trinajstić information content (AvgIpc) is 2.73. The Morgan fingerprint density at radius 1 is 1.50 bits per heavy atom. The first kappa shape index (κ1) is 14.9. The second kappa shape index (κ2) is 8.05. The number of hydrogen-bond donors (Lipinski definition) is 2. The van der Waals surface area contributed by atoms with Crippen molar-refractivity contribution in [2.24, 2.45) is 5.92 Å². The predicted octanol–water partition coefficient (Wildman–Crippen LogP) is -0.793. The van der Waals surface area contributed by atoms with E-state index in [1.165, 1.54) is 0 Å². The van der Waals surface area contributed by atoms with Crippen LogP contribution in [0.25, 0.3) is 0 Å². The number of hydrogen-bond acceptors (Lipinski definition) is 4. The molecular weight excluding hydrogens is 234 g/mol. The van der Waals surface area contributed by atoms with Crippen LogP contribution in [0.5, 0.6) is 0 Å². The maximum absolute atomic E-state index is 11.8. The average molecular weight is 257 g/mol. The molecule has 0 spiro atoms. The minimum Gasteiger partial charge on any atom is -0.383 e. The summed E-state index contributed by atoms with van der Waals surface area (Å²) in [6.07, 6.45) is 1.22. The van der Waals surface area contributed by atoms with Crippen LogP contribution < -0.4 is 10.6 Å². The van der Waals surface area contributed by atoms with Gasteiger partial charge in [0.2, 0.25) is 11.8 Å². The van der Waals surface area contributed by atoms with Crippen molar-refractivity contribution in [2.75, 3.05) is 46.9 Å². The minimum absolute atomic E-state index is 0.0145.